The summed E-state index contributed by atoms with van der Waals surface area (Å²) in [5.74, 6) is 0.642. The minimum absolute atomic E-state index is 0.00308. The third kappa shape index (κ3) is 5.56. The molecular formula is C31H28N2O3. The van der Waals surface area contributed by atoms with Gasteiger partial charge in [0.1, 0.15) is 18.2 Å². The number of fused-ring (bicyclic) bond motifs is 1. The molecule has 0 fully saturated rings. The van der Waals surface area contributed by atoms with Crippen molar-refractivity contribution in [3.8, 4) is 17.6 Å². The minimum Gasteiger partial charge on any atom is -0.493 e. The maximum Gasteiger partial charge on any atom is 0.266 e. The number of methoxy groups -OCH3 is 1. The molecule has 5 nitrogen and oxygen atoms in total. The third-order valence-corrected chi connectivity index (χ3v) is 6.13. The van der Waals surface area contributed by atoms with Crippen LogP contribution in [0.5, 0.6) is 11.5 Å². The lowest BCUT2D eigenvalue weighted by molar-refractivity contribution is -0.112. The molecule has 1 amide bonds. The molecular weight excluding hydrogens is 448 g/mol. The highest BCUT2D eigenvalue weighted by Gasteiger charge is 2.12. The van der Waals surface area contributed by atoms with E-state index < -0.39 is 5.91 Å². The maximum atomic E-state index is 12.7. The number of ether oxygens (including phenoxy) is 2. The van der Waals surface area contributed by atoms with Crippen molar-refractivity contribution < 1.29 is 14.3 Å². The van der Waals surface area contributed by atoms with Crippen molar-refractivity contribution in [3.05, 3.63) is 107 Å². The van der Waals surface area contributed by atoms with Gasteiger partial charge >= 0.3 is 0 Å². The van der Waals surface area contributed by atoms with Crippen LogP contribution in [0.4, 0.5) is 5.69 Å². The number of nitrogens with zero attached hydrogens (tertiary/aromatic N) is 1. The molecule has 0 bridgehead atoms. The van der Waals surface area contributed by atoms with E-state index in [1.807, 2.05) is 42.5 Å². The summed E-state index contributed by atoms with van der Waals surface area (Å²) in [7, 11) is 1.57. The van der Waals surface area contributed by atoms with Crippen LogP contribution in [0, 0.1) is 18.3 Å². The number of anilines is 1. The molecule has 0 heterocycles. The Morgan fingerprint density at radius 3 is 2.50 bits per heavy atom. The Morgan fingerprint density at radius 1 is 1.00 bits per heavy atom. The number of rotatable bonds is 8. The number of carbonyl (C=O) groups is 1. The summed E-state index contributed by atoms with van der Waals surface area (Å²) in [6, 6.07) is 27.3. The second kappa shape index (κ2) is 11.2. The second-order valence-electron chi connectivity index (χ2n) is 8.46. The van der Waals surface area contributed by atoms with Crippen molar-refractivity contribution >= 4 is 28.4 Å². The lowest BCUT2D eigenvalue weighted by Gasteiger charge is -2.14. The molecule has 0 unspecified atom stereocenters. The average molecular weight is 477 g/mol. The van der Waals surface area contributed by atoms with Gasteiger partial charge in [0, 0.05) is 11.3 Å². The molecule has 4 aromatic rings. The van der Waals surface area contributed by atoms with Crippen molar-refractivity contribution in [2.75, 3.05) is 12.4 Å². The van der Waals surface area contributed by atoms with Crippen LogP contribution in [-0.2, 0) is 17.8 Å². The summed E-state index contributed by atoms with van der Waals surface area (Å²) in [4.78, 5) is 12.7. The van der Waals surface area contributed by atoms with E-state index >= 15 is 0 Å². The monoisotopic (exact) mass is 476 g/mol. The SMILES string of the molecule is CCc1ccc(NC(=O)/C(C#N)=C/c2ccc(OCc3c(C)ccc4ccccc34)c(OC)c2)cc1. The zero-order valence-electron chi connectivity index (χ0n) is 20.7. The van der Waals surface area contributed by atoms with E-state index in [9.17, 15) is 10.1 Å². The lowest BCUT2D eigenvalue weighted by Crippen LogP contribution is -2.13. The van der Waals surface area contributed by atoms with E-state index in [4.69, 9.17) is 9.47 Å². The average Bonchev–Trinajstić information content (AvgIpc) is 2.91. The summed E-state index contributed by atoms with van der Waals surface area (Å²) in [6.07, 6.45) is 2.46. The van der Waals surface area contributed by atoms with E-state index in [1.165, 1.54) is 11.6 Å². The van der Waals surface area contributed by atoms with Crippen LogP contribution in [-0.4, -0.2) is 13.0 Å². The van der Waals surface area contributed by atoms with E-state index in [0.717, 1.165) is 28.3 Å². The molecule has 0 aliphatic rings. The highest BCUT2D eigenvalue weighted by Crippen LogP contribution is 2.31. The molecule has 1 N–H and O–H groups in total. The molecule has 0 aliphatic heterocycles. The fourth-order valence-electron chi connectivity index (χ4n) is 4.02. The largest absolute Gasteiger partial charge is 0.493 e. The van der Waals surface area contributed by atoms with Crippen LogP contribution in [0.15, 0.2) is 84.4 Å². The van der Waals surface area contributed by atoms with E-state index in [0.29, 0.717) is 29.4 Å². The fourth-order valence-corrected chi connectivity index (χ4v) is 4.02. The zero-order valence-corrected chi connectivity index (χ0v) is 20.7. The van der Waals surface area contributed by atoms with Crippen molar-refractivity contribution in [2.45, 2.75) is 26.9 Å². The van der Waals surface area contributed by atoms with Gasteiger partial charge in [-0.1, -0.05) is 61.5 Å². The van der Waals surface area contributed by atoms with Gasteiger partial charge in [0.05, 0.1) is 7.11 Å². The van der Waals surface area contributed by atoms with Gasteiger partial charge < -0.3 is 14.8 Å². The summed E-state index contributed by atoms with van der Waals surface area (Å²) in [6.45, 7) is 4.53. The predicted molar refractivity (Wildman–Crippen MR) is 144 cm³/mol. The first-order valence-corrected chi connectivity index (χ1v) is 11.8. The van der Waals surface area contributed by atoms with Gasteiger partial charge in [-0.15, -0.1) is 0 Å². The first-order chi connectivity index (χ1) is 17.5. The smallest absolute Gasteiger partial charge is 0.266 e. The number of nitrogens with one attached hydrogen (secondary N) is 1. The standard InChI is InChI=1S/C31H28N2O3/c1-4-22-10-14-26(15-11-22)33-31(34)25(19-32)17-23-12-16-29(30(18-23)35-3)36-20-28-21(2)9-13-24-7-5-6-8-27(24)28/h5-18H,4,20H2,1-3H3,(H,33,34)/b25-17+. The number of hydrogen-bond acceptors (Lipinski definition) is 4. The highest BCUT2D eigenvalue weighted by atomic mass is 16.5. The molecule has 0 aliphatic carbocycles. The number of aryl methyl sites for hydroxylation is 2. The third-order valence-electron chi connectivity index (χ3n) is 6.13. The van der Waals surface area contributed by atoms with E-state index in [1.54, 1.807) is 25.3 Å². The Hall–Kier alpha value is -4.56. The van der Waals surface area contributed by atoms with Gasteiger partial charge in [0.15, 0.2) is 11.5 Å². The molecule has 0 spiro atoms. The molecule has 180 valence electrons. The lowest BCUT2D eigenvalue weighted by atomic mass is 10.0. The topological polar surface area (TPSA) is 71.4 Å². The number of amides is 1. The number of carbonyl (C=O) groups excluding carboxylic acids is 1. The molecule has 4 aromatic carbocycles. The van der Waals surface area contributed by atoms with E-state index in [-0.39, 0.29) is 5.57 Å². The first kappa shape index (κ1) is 24.6. The Balaban J connectivity index is 1.52. The predicted octanol–water partition coefficient (Wildman–Crippen LogP) is 6.84. The van der Waals surface area contributed by atoms with Gasteiger partial charge in [0.25, 0.3) is 5.91 Å². The van der Waals surface area contributed by atoms with Gasteiger partial charge in [-0.05, 0) is 71.1 Å². The summed E-state index contributed by atoms with van der Waals surface area (Å²) >= 11 is 0. The quantitative estimate of drug-likeness (QED) is 0.223. The van der Waals surface area contributed by atoms with Crippen LogP contribution in [0.2, 0.25) is 0 Å². The Labute approximate surface area is 211 Å². The van der Waals surface area contributed by atoms with Crippen molar-refractivity contribution in [1.82, 2.24) is 0 Å². The summed E-state index contributed by atoms with van der Waals surface area (Å²) in [5.41, 5.74) is 4.75. The minimum atomic E-state index is -0.465. The van der Waals surface area contributed by atoms with Crippen molar-refractivity contribution in [2.24, 2.45) is 0 Å². The highest BCUT2D eigenvalue weighted by molar-refractivity contribution is 6.09. The maximum absolute atomic E-state index is 12.7. The van der Waals surface area contributed by atoms with Crippen LogP contribution in [0.25, 0.3) is 16.8 Å². The zero-order chi connectivity index (χ0) is 25.5. The molecule has 0 atom stereocenters. The number of benzene rings is 4. The molecule has 4 rings (SSSR count). The van der Waals surface area contributed by atoms with Gasteiger partial charge in [-0.2, -0.15) is 5.26 Å². The molecule has 0 saturated heterocycles. The summed E-state index contributed by atoms with van der Waals surface area (Å²) in [5, 5.41) is 14.7. The van der Waals surface area contributed by atoms with Crippen LogP contribution in [0.1, 0.15) is 29.2 Å². The van der Waals surface area contributed by atoms with Crippen LogP contribution < -0.4 is 14.8 Å². The fraction of sp³-hybridized carbons (Fsp3) is 0.161. The summed E-state index contributed by atoms with van der Waals surface area (Å²) < 4.78 is 11.7. The number of hydrogen-bond donors (Lipinski definition) is 1. The molecule has 0 radical (unpaired) electrons. The second-order valence-corrected chi connectivity index (χ2v) is 8.46. The number of nitriles is 1. The van der Waals surface area contributed by atoms with Gasteiger partial charge in [-0.3, -0.25) is 4.79 Å². The first-order valence-electron chi connectivity index (χ1n) is 11.8. The molecule has 0 saturated carbocycles. The molecule has 5 heteroatoms. The normalized spacial score (nSPS) is 11.1. The molecule has 36 heavy (non-hydrogen) atoms. The molecule has 0 aromatic heterocycles. The Bertz CT molecular complexity index is 1460. The van der Waals surface area contributed by atoms with Crippen molar-refractivity contribution in [3.63, 3.8) is 0 Å². The van der Waals surface area contributed by atoms with E-state index in [2.05, 4.69) is 43.4 Å². The van der Waals surface area contributed by atoms with Crippen LogP contribution >= 0.6 is 0 Å². The Morgan fingerprint density at radius 2 is 1.78 bits per heavy atom. The van der Waals surface area contributed by atoms with Gasteiger partial charge in [0.2, 0.25) is 0 Å². The Kier molecular flexibility index (Phi) is 7.67. The van der Waals surface area contributed by atoms with Crippen LogP contribution in [0.3, 0.4) is 0 Å². The van der Waals surface area contributed by atoms with Gasteiger partial charge in [-0.25, -0.2) is 0 Å². The van der Waals surface area contributed by atoms with Crippen molar-refractivity contribution in [1.29, 1.82) is 5.26 Å².